The average Bonchev–Trinajstić information content (AvgIpc) is 2.73. The lowest BCUT2D eigenvalue weighted by molar-refractivity contribution is -0.0517. The molecule has 0 saturated carbocycles. The second kappa shape index (κ2) is 9.22. The molecule has 1 heterocycles. The minimum absolute atomic E-state index is 0.128. The van der Waals surface area contributed by atoms with Gasteiger partial charge in [0.1, 0.15) is 12.5 Å². The standard InChI is InChI=1S/C21H17OS2.CHF3O3S/c1-24(2)16-7-5-6-14(12-16)15-10-11-20-18(13-15)21(22)17-8-3-4-9-19(17)23-20;2-1(3,4)8(5,6)7/h3-13H,1-2H3;(H,5,6,7)/q+1;/p-1. The maximum absolute atomic E-state index is 12.9. The van der Waals surface area contributed by atoms with Gasteiger partial charge in [0.25, 0.3) is 0 Å². The van der Waals surface area contributed by atoms with E-state index in [-0.39, 0.29) is 16.3 Å². The summed E-state index contributed by atoms with van der Waals surface area (Å²) in [4.78, 5) is 14.2. The molecule has 0 bridgehead atoms. The normalized spacial score (nSPS) is 12.1. The quantitative estimate of drug-likeness (QED) is 0.161. The molecule has 168 valence electrons. The Hall–Kier alpha value is -2.40. The highest BCUT2D eigenvalue weighted by molar-refractivity contribution is 7.95. The number of benzene rings is 3. The third kappa shape index (κ3) is 5.32. The Bertz CT molecular complexity index is 1440. The zero-order valence-corrected chi connectivity index (χ0v) is 19.3. The molecule has 4 rings (SSSR count). The van der Waals surface area contributed by atoms with Crippen molar-refractivity contribution in [2.45, 2.75) is 10.4 Å². The molecule has 0 unspecified atom stereocenters. The van der Waals surface area contributed by atoms with E-state index < -0.39 is 15.6 Å². The first-order chi connectivity index (χ1) is 14.9. The Morgan fingerprint density at radius 1 is 0.844 bits per heavy atom. The number of halogens is 3. The van der Waals surface area contributed by atoms with Gasteiger partial charge in [0, 0.05) is 37.1 Å². The van der Waals surface area contributed by atoms with Gasteiger partial charge >= 0.3 is 5.51 Å². The van der Waals surface area contributed by atoms with Crippen LogP contribution in [-0.4, -0.2) is 31.0 Å². The molecule has 0 atom stereocenters. The van der Waals surface area contributed by atoms with Crippen molar-refractivity contribution in [2.24, 2.45) is 0 Å². The van der Waals surface area contributed by atoms with Crippen molar-refractivity contribution in [1.29, 1.82) is 0 Å². The Morgan fingerprint density at radius 2 is 1.44 bits per heavy atom. The number of hydrogen-bond donors (Lipinski definition) is 0. The summed E-state index contributed by atoms with van der Waals surface area (Å²) in [5, 5.41) is 1.62. The predicted octanol–water partition coefficient (Wildman–Crippen LogP) is 5.37. The van der Waals surface area contributed by atoms with Crippen LogP contribution in [0.4, 0.5) is 13.2 Å². The van der Waals surface area contributed by atoms with Crippen LogP contribution in [0.15, 0.2) is 76.4 Å². The monoisotopic (exact) mass is 498 g/mol. The number of alkyl halides is 3. The molecule has 0 spiro atoms. The molecule has 4 nitrogen and oxygen atoms in total. The smallest absolute Gasteiger partial charge is 0.485 e. The first-order valence-electron chi connectivity index (χ1n) is 9.04. The van der Waals surface area contributed by atoms with E-state index in [0.29, 0.717) is 0 Å². The molecule has 0 aliphatic rings. The lowest BCUT2D eigenvalue weighted by Gasteiger charge is -2.08. The van der Waals surface area contributed by atoms with Crippen LogP contribution in [-0.2, 0) is 21.0 Å². The number of fused-ring (bicyclic) bond motifs is 2. The van der Waals surface area contributed by atoms with Crippen LogP contribution in [0.5, 0.6) is 0 Å². The van der Waals surface area contributed by atoms with E-state index in [1.807, 2.05) is 30.3 Å². The number of rotatable bonds is 2. The highest BCUT2D eigenvalue weighted by Gasteiger charge is 2.36. The molecule has 32 heavy (non-hydrogen) atoms. The highest BCUT2D eigenvalue weighted by atomic mass is 32.2. The van der Waals surface area contributed by atoms with Gasteiger partial charge in [-0.2, -0.15) is 13.2 Å². The summed E-state index contributed by atoms with van der Waals surface area (Å²) in [6, 6.07) is 22.7. The van der Waals surface area contributed by atoms with E-state index >= 15 is 0 Å². The van der Waals surface area contributed by atoms with Crippen LogP contribution < -0.4 is 5.43 Å². The van der Waals surface area contributed by atoms with Crippen molar-refractivity contribution in [3.8, 4) is 11.1 Å². The second-order valence-corrected chi connectivity index (χ2v) is 11.4. The van der Waals surface area contributed by atoms with Gasteiger partial charge in [0.2, 0.25) is 0 Å². The van der Waals surface area contributed by atoms with Crippen molar-refractivity contribution < 1.29 is 26.1 Å². The SMILES string of the molecule is C[S+](C)c1cccc(-c2ccc3sc4ccccc4c(=O)c3c2)c1.O=S(=O)([O-])C(F)(F)F. The van der Waals surface area contributed by atoms with Gasteiger partial charge in [-0.05, 0) is 41.5 Å². The first kappa shape index (κ1) is 24.2. The first-order valence-corrected chi connectivity index (χ1v) is 13.3. The Balaban J connectivity index is 0.000000312. The molecule has 1 aromatic heterocycles. The number of hydrogen-bond acceptors (Lipinski definition) is 5. The molecule has 3 aromatic carbocycles. The third-order valence-corrected chi connectivity index (χ3v) is 7.41. The molecule has 10 heteroatoms. The lowest BCUT2D eigenvalue weighted by atomic mass is 10.0. The fourth-order valence-corrected chi connectivity index (χ4v) is 4.68. The summed E-state index contributed by atoms with van der Waals surface area (Å²) >= 11 is 1.68. The Kier molecular flexibility index (Phi) is 6.99. The topological polar surface area (TPSA) is 74.3 Å². The Morgan fingerprint density at radius 3 is 2.06 bits per heavy atom. The van der Waals surface area contributed by atoms with E-state index in [0.717, 1.165) is 25.7 Å². The minimum atomic E-state index is -6.09. The van der Waals surface area contributed by atoms with Crippen molar-refractivity contribution >= 4 is 52.5 Å². The van der Waals surface area contributed by atoms with Crippen LogP contribution in [0.2, 0.25) is 0 Å². The van der Waals surface area contributed by atoms with E-state index in [1.165, 1.54) is 10.5 Å². The summed E-state index contributed by atoms with van der Waals surface area (Å²) in [5.74, 6) is 0. The van der Waals surface area contributed by atoms with Gasteiger partial charge in [-0.1, -0.05) is 30.3 Å². The van der Waals surface area contributed by atoms with Crippen molar-refractivity contribution in [1.82, 2.24) is 0 Å². The van der Waals surface area contributed by atoms with Gasteiger partial charge in [-0.15, -0.1) is 11.3 Å². The van der Waals surface area contributed by atoms with E-state index in [4.69, 9.17) is 13.0 Å². The van der Waals surface area contributed by atoms with Crippen molar-refractivity contribution in [2.75, 3.05) is 12.5 Å². The van der Waals surface area contributed by atoms with Crippen LogP contribution in [0.1, 0.15) is 0 Å². The molecule has 0 N–H and O–H groups in total. The predicted molar refractivity (Wildman–Crippen MR) is 124 cm³/mol. The van der Waals surface area contributed by atoms with Crippen LogP contribution in [0.25, 0.3) is 31.3 Å². The van der Waals surface area contributed by atoms with Crippen LogP contribution >= 0.6 is 11.3 Å². The summed E-state index contributed by atoms with van der Waals surface area (Å²) in [5.41, 5.74) is -3.24. The minimum Gasteiger partial charge on any atom is -0.741 e. The zero-order valence-electron chi connectivity index (χ0n) is 16.8. The lowest BCUT2D eigenvalue weighted by Crippen LogP contribution is -2.21. The Labute approximate surface area is 189 Å². The zero-order chi connectivity index (χ0) is 23.7. The summed E-state index contributed by atoms with van der Waals surface area (Å²) < 4.78 is 61.0. The molecule has 0 amide bonds. The molecule has 0 fully saturated rings. The molecule has 0 radical (unpaired) electrons. The summed E-state index contributed by atoms with van der Waals surface area (Å²) in [6.45, 7) is 0. The maximum Gasteiger partial charge on any atom is 0.485 e. The van der Waals surface area contributed by atoms with Crippen molar-refractivity contribution in [3.05, 3.63) is 77.0 Å². The molecular weight excluding hydrogens is 481 g/mol. The van der Waals surface area contributed by atoms with Gasteiger partial charge in [-0.25, -0.2) is 8.42 Å². The summed E-state index contributed by atoms with van der Waals surface area (Å²) in [6.07, 6.45) is 4.45. The van der Waals surface area contributed by atoms with Crippen molar-refractivity contribution in [3.63, 3.8) is 0 Å². The fourth-order valence-electron chi connectivity index (χ4n) is 2.91. The third-order valence-electron chi connectivity index (χ3n) is 4.50. The van der Waals surface area contributed by atoms with Gasteiger partial charge in [0.05, 0.1) is 0 Å². The van der Waals surface area contributed by atoms with Gasteiger partial charge < -0.3 is 4.55 Å². The maximum atomic E-state index is 12.9. The molecule has 0 aliphatic heterocycles. The fraction of sp³-hybridized carbons (Fsp3) is 0.136. The van der Waals surface area contributed by atoms with Gasteiger partial charge in [0.15, 0.2) is 20.4 Å². The van der Waals surface area contributed by atoms with Gasteiger partial charge in [-0.3, -0.25) is 4.79 Å². The molecular formula is C22H17F3O4S3. The molecule has 0 saturated heterocycles. The summed E-state index contributed by atoms with van der Waals surface area (Å²) in [7, 11) is -5.86. The van der Waals surface area contributed by atoms with Crippen LogP contribution in [0, 0.1) is 0 Å². The average molecular weight is 499 g/mol. The van der Waals surface area contributed by atoms with E-state index in [9.17, 15) is 18.0 Å². The largest absolute Gasteiger partial charge is 0.741 e. The highest BCUT2D eigenvalue weighted by Crippen LogP contribution is 2.29. The van der Waals surface area contributed by atoms with E-state index in [1.54, 1.807) is 11.3 Å². The van der Waals surface area contributed by atoms with Crippen LogP contribution in [0.3, 0.4) is 0 Å². The second-order valence-electron chi connectivity index (χ2n) is 6.88. The van der Waals surface area contributed by atoms with E-state index in [2.05, 4.69) is 48.9 Å². The molecule has 0 aliphatic carbocycles. The molecule has 4 aromatic rings.